The van der Waals surface area contributed by atoms with Crippen LogP contribution in [0.1, 0.15) is 35.0 Å². The SMILES string of the molecule is CCN(C(=O)CCCNC(=O)c1cccs1)c1ccccc1C. The van der Waals surface area contributed by atoms with Gasteiger partial charge < -0.3 is 10.2 Å². The number of para-hydroxylation sites is 1. The zero-order valence-corrected chi connectivity index (χ0v) is 14.4. The van der Waals surface area contributed by atoms with E-state index in [1.165, 1.54) is 11.3 Å². The van der Waals surface area contributed by atoms with E-state index in [2.05, 4.69) is 5.32 Å². The molecule has 1 heterocycles. The van der Waals surface area contributed by atoms with Crippen LogP contribution in [0.5, 0.6) is 0 Å². The highest BCUT2D eigenvalue weighted by molar-refractivity contribution is 7.12. The van der Waals surface area contributed by atoms with Crippen LogP contribution in [-0.4, -0.2) is 24.9 Å². The zero-order valence-electron chi connectivity index (χ0n) is 13.5. The summed E-state index contributed by atoms with van der Waals surface area (Å²) in [6, 6.07) is 11.5. The summed E-state index contributed by atoms with van der Waals surface area (Å²) in [4.78, 5) is 26.7. The summed E-state index contributed by atoms with van der Waals surface area (Å²) < 4.78 is 0. The van der Waals surface area contributed by atoms with Crippen molar-refractivity contribution < 1.29 is 9.59 Å². The molecule has 0 radical (unpaired) electrons. The van der Waals surface area contributed by atoms with Crippen molar-refractivity contribution in [3.05, 3.63) is 52.2 Å². The maximum Gasteiger partial charge on any atom is 0.261 e. The lowest BCUT2D eigenvalue weighted by atomic mass is 10.1. The summed E-state index contributed by atoms with van der Waals surface area (Å²) >= 11 is 1.42. The molecular formula is C18H22N2O2S. The number of benzene rings is 1. The zero-order chi connectivity index (χ0) is 16.7. The molecule has 1 aromatic heterocycles. The topological polar surface area (TPSA) is 49.4 Å². The number of amides is 2. The van der Waals surface area contributed by atoms with Gasteiger partial charge in [0.2, 0.25) is 5.91 Å². The first-order valence-corrected chi connectivity index (χ1v) is 8.69. The molecule has 0 unspecified atom stereocenters. The van der Waals surface area contributed by atoms with E-state index in [1.807, 2.05) is 49.6 Å². The maximum atomic E-state index is 12.4. The standard InChI is InChI=1S/C18H22N2O2S/c1-3-20(15-9-5-4-8-14(15)2)17(21)11-6-12-19-18(22)16-10-7-13-23-16/h4-5,7-10,13H,3,6,11-12H2,1-2H3,(H,19,22). The molecular weight excluding hydrogens is 308 g/mol. The number of anilines is 1. The maximum absolute atomic E-state index is 12.4. The van der Waals surface area contributed by atoms with Gasteiger partial charge in [-0.15, -0.1) is 11.3 Å². The minimum absolute atomic E-state index is 0.0706. The minimum atomic E-state index is -0.0706. The average molecular weight is 330 g/mol. The third kappa shape index (κ3) is 4.66. The van der Waals surface area contributed by atoms with Gasteiger partial charge in [-0.3, -0.25) is 9.59 Å². The number of carbonyl (C=O) groups excluding carboxylic acids is 2. The van der Waals surface area contributed by atoms with E-state index in [-0.39, 0.29) is 11.8 Å². The molecule has 0 aliphatic carbocycles. The lowest BCUT2D eigenvalue weighted by Crippen LogP contribution is -2.32. The second kappa shape index (κ2) is 8.48. The van der Waals surface area contributed by atoms with Gasteiger partial charge in [-0.05, 0) is 43.3 Å². The Morgan fingerprint density at radius 1 is 1.17 bits per heavy atom. The lowest BCUT2D eigenvalue weighted by molar-refractivity contribution is -0.118. The van der Waals surface area contributed by atoms with Crippen molar-refractivity contribution in [3.8, 4) is 0 Å². The number of carbonyl (C=O) groups is 2. The molecule has 2 rings (SSSR count). The Bertz CT molecular complexity index is 653. The summed E-state index contributed by atoms with van der Waals surface area (Å²) in [7, 11) is 0. The van der Waals surface area contributed by atoms with Crippen molar-refractivity contribution in [2.45, 2.75) is 26.7 Å². The summed E-state index contributed by atoms with van der Waals surface area (Å²) in [5.74, 6) is 0.0193. The third-order valence-corrected chi connectivity index (χ3v) is 4.49. The molecule has 0 saturated heterocycles. The molecule has 0 atom stereocenters. The Labute approximate surface area is 141 Å². The summed E-state index contributed by atoms with van der Waals surface area (Å²) in [6.45, 7) is 5.13. The Morgan fingerprint density at radius 2 is 1.96 bits per heavy atom. The van der Waals surface area contributed by atoms with E-state index >= 15 is 0 Å². The van der Waals surface area contributed by atoms with E-state index < -0.39 is 0 Å². The Morgan fingerprint density at radius 3 is 2.61 bits per heavy atom. The highest BCUT2D eigenvalue weighted by Gasteiger charge is 2.15. The van der Waals surface area contributed by atoms with Gasteiger partial charge >= 0.3 is 0 Å². The fourth-order valence-electron chi connectivity index (χ4n) is 2.42. The number of hydrogen-bond donors (Lipinski definition) is 1. The Hall–Kier alpha value is -2.14. The van der Waals surface area contributed by atoms with Crippen LogP contribution in [0.3, 0.4) is 0 Å². The molecule has 2 aromatic rings. The van der Waals surface area contributed by atoms with Crippen molar-refractivity contribution in [2.75, 3.05) is 18.0 Å². The number of rotatable bonds is 7. The second-order valence-corrected chi connectivity index (χ2v) is 6.21. The molecule has 0 spiro atoms. The highest BCUT2D eigenvalue weighted by Crippen LogP contribution is 2.20. The van der Waals surface area contributed by atoms with E-state index in [9.17, 15) is 9.59 Å². The van der Waals surface area contributed by atoms with Crippen LogP contribution >= 0.6 is 11.3 Å². The van der Waals surface area contributed by atoms with E-state index in [0.29, 0.717) is 30.8 Å². The predicted octanol–water partition coefficient (Wildman–Crippen LogP) is 3.62. The molecule has 0 aliphatic rings. The number of nitrogens with zero attached hydrogens (tertiary/aromatic N) is 1. The highest BCUT2D eigenvalue weighted by atomic mass is 32.1. The monoisotopic (exact) mass is 330 g/mol. The van der Waals surface area contributed by atoms with Gasteiger partial charge in [0.1, 0.15) is 0 Å². The quantitative estimate of drug-likeness (QED) is 0.788. The minimum Gasteiger partial charge on any atom is -0.351 e. The molecule has 0 fully saturated rings. The third-order valence-electron chi connectivity index (χ3n) is 3.62. The molecule has 23 heavy (non-hydrogen) atoms. The van der Waals surface area contributed by atoms with Crippen LogP contribution in [0.4, 0.5) is 5.69 Å². The van der Waals surface area contributed by atoms with Crippen LogP contribution in [0.2, 0.25) is 0 Å². The molecule has 0 saturated carbocycles. The molecule has 1 N–H and O–H groups in total. The molecule has 0 bridgehead atoms. The first-order valence-electron chi connectivity index (χ1n) is 7.81. The number of thiophene rings is 1. The fourth-order valence-corrected chi connectivity index (χ4v) is 3.06. The van der Waals surface area contributed by atoms with E-state index in [4.69, 9.17) is 0 Å². The molecule has 2 amide bonds. The van der Waals surface area contributed by atoms with Crippen molar-refractivity contribution in [2.24, 2.45) is 0 Å². The summed E-state index contributed by atoms with van der Waals surface area (Å²) in [5.41, 5.74) is 2.05. The lowest BCUT2D eigenvalue weighted by Gasteiger charge is -2.23. The van der Waals surface area contributed by atoms with Gasteiger partial charge in [-0.2, -0.15) is 0 Å². The van der Waals surface area contributed by atoms with Crippen LogP contribution in [-0.2, 0) is 4.79 Å². The number of aryl methyl sites for hydroxylation is 1. The van der Waals surface area contributed by atoms with Crippen molar-refractivity contribution in [3.63, 3.8) is 0 Å². The first-order chi connectivity index (χ1) is 11.1. The Kier molecular flexibility index (Phi) is 6.35. The second-order valence-electron chi connectivity index (χ2n) is 5.26. The summed E-state index contributed by atoms with van der Waals surface area (Å²) in [5, 5.41) is 4.72. The normalized spacial score (nSPS) is 10.3. The van der Waals surface area contributed by atoms with Crippen LogP contribution in [0, 0.1) is 6.92 Å². The van der Waals surface area contributed by atoms with Gasteiger partial charge in [-0.25, -0.2) is 0 Å². The molecule has 122 valence electrons. The van der Waals surface area contributed by atoms with Crippen LogP contribution < -0.4 is 10.2 Å². The van der Waals surface area contributed by atoms with E-state index in [0.717, 1.165) is 11.3 Å². The van der Waals surface area contributed by atoms with Crippen molar-refractivity contribution in [1.82, 2.24) is 5.32 Å². The van der Waals surface area contributed by atoms with Crippen molar-refractivity contribution >= 4 is 28.8 Å². The molecule has 0 aliphatic heterocycles. The number of hydrogen-bond acceptors (Lipinski definition) is 3. The molecule has 4 nitrogen and oxygen atoms in total. The Balaban J connectivity index is 1.81. The fraction of sp³-hybridized carbons (Fsp3) is 0.333. The number of nitrogens with one attached hydrogen (secondary N) is 1. The van der Waals surface area contributed by atoms with E-state index in [1.54, 1.807) is 11.0 Å². The predicted molar refractivity (Wildman–Crippen MR) is 95.1 cm³/mol. The van der Waals surface area contributed by atoms with Gasteiger partial charge in [0, 0.05) is 25.2 Å². The van der Waals surface area contributed by atoms with Crippen molar-refractivity contribution in [1.29, 1.82) is 0 Å². The average Bonchev–Trinajstić information content (AvgIpc) is 3.08. The van der Waals surface area contributed by atoms with Gasteiger partial charge in [0.15, 0.2) is 0 Å². The van der Waals surface area contributed by atoms with Crippen LogP contribution in [0.25, 0.3) is 0 Å². The van der Waals surface area contributed by atoms with Gasteiger partial charge in [-0.1, -0.05) is 24.3 Å². The van der Waals surface area contributed by atoms with Gasteiger partial charge in [0.25, 0.3) is 5.91 Å². The summed E-state index contributed by atoms with van der Waals surface area (Å²) in [6.07, 6.45) is 1.06. The molecule has 5 heteroatoms. The smallest absolute Gasteiger partial charge is 0.261 e. The molecule has 1 aromatic carbocycles. The van der Waals surface area contributed by atoms with Crippen LogP contribution in [0.15, 0.2) is 41.8 Å². The first kappa shape index (κ1) is 17.2. The van der Waals surface area contributed by atoms with Gasteiger partial charge in [0.05, 0.1) is 4.88 Å². The largest absolute Gasteiger partial charge is 0.351 e.